The molecule has 0 saturated carbocycles. The first kappa shape index (κ1) is 11.1. The van der Waals surface area contributed by atoms with Gasteiger partial charge in [-0.25, -0.2) is 4.39 Å². The van der Waals surface area contributed by atoms with E-state index >= 15 is 0 Å². The van der Waals surface area contributed by atoms with Crippen molar-refractivity contribution < 1.29 is 14.2 Å². The van der Waals surface area contributed by atoms with Crippen molar-refractivity contribution in [2.75, 3.05) is 7.11 Å². The largest absolute Gasteiger partial charge is 0.496 e. The fourth-order valence-electron chi connectivity index (χ4n) is 1.53. The molecule has 0 aliphatic rings. The van der Waals surface area contributed by atoms with Crippen LogP contribution in [0.3, 0.4) is 0 Å². The summed E-state index contributed by atoms with van der Waals surface area (Å²) >= 11 is 1.49. The molecule has 2 aromatic rings. The molecule has 2 nitrogen and oxygen atoms in total. The van der Waals surface area contributed by atoms with E-state index in [1.165, 1.54) is 36.6 Å². The van der Waals surface area contributed by atoms with Crippen LogP contribution < -0.4 is 4.74 Å². The number of hydrogen-bond donors (Lipinski definition) is 1. The van der Waals surface area contributed by atoms with Crippen molar-refractivity contribution in [2.45, 2.75) is 6.10 Å². The molecule has 0 saturated heterocycles. The topological polar surface area (TPSA) is 29.5 Å². The maximum absolute atomic E-state index is 13.1. The second-order valence-corrected chi connectivity index (χ2v) is 4.13. The highest BCUT2D eigenvalue weighted by molar-refractivity contribution is 7.07. The van der Waals surface area contributed by atoms with Crippen molar-refractivity contribution in [1.82, 2.24) is 0 Å². The molecule has 0 amide bonds. The summed E-state index contributed by atoms with van der Waals surface area (Å²) in [6.45, 7) is 0. The van der Waals surface area contributed by atoms with Gasteiger partial charge in [-0.05, 0) is 40.6 Å². The van der Waals surface area contributed by atoms with Gasteiger partial charge in [0.05, 0.1) is 7.11 Å². The van der Waals surface area contributed by atoms with E-state index in [2.05, 4.69) is 0 Å². The highest BCUT2D eigenvalue weighted by Crippen LogP contribution is 2.31. The first-order chi connectivity index (χ1) is 7.72. The zero-order chi connectivity index (χ0) is 11.5. The number of thiophene rings is 1. The van der Waals surface area contributed by atoms with Crippen LogP contribution in [-0.4, -0.2) is 12.2 Å². The molecular weight excluding hydrogens is 227 g/mol. The molecule has 0 spiro atoms. The molecule has 1 atom stereocenters. The van der Waals surface area contributed by atoms with E-state index in [4.69, 9.17) is 4.74 Å². The quantitative estimate of drug-likeness (QED) is 0.890. The molecule has 1 aromatic carbocycles. The summed E-state index contributed by atoms with van der Waals surface area (Å²) in [5.41, 5.74) is 1.19. The number of aliphatic hydroxyl groups is 1. The minimum absolute atomic E-state index is 0.384. The van der Waals surface area contributed by atoms with Gasteiger partial charge in [0.2, 0.25) is 0 Å². The highest BCUT2D eigenvalue weighted by Gasteiger charge is 2.16. The average Bonchev–Trinajstić information content (AvgIpc) is 2.81. The summed E-state index contributed by atoms with van der Waals surface area (Å²) in [7, 11) is 1.50. The monoisotopic (exact) mass is 238 g/mol. The van der Waals surface area contributed by atoms with Crippen LogP contribution in [-0.2, 0) is 0 Å². The minimum Gasteiger partial charge on any atom is -0.496 e. The molecular formula is C12H11FO2S. The Morgan fingerprint density at radius 2 is 2.19 bits per heavy atom. The maximum atomic E-state index is 13.1. The zero-order valence-electron chi connectivity index (χ0n) is 8.68. The maximum Gasteiger partial charge on any atom is 0.125 e. The van der Waals surface area contributed by atoms with E-state index in [0.717, 1.165) is 5.56 Å². The predicted octanol–water partition coefficient (Wildman–Crippen LogP) is 2.98. The van der Waals surface area contributed by atoms with Crippen molar-refractivity contribution in [3.05, 3.63) is 52.0 Å². The van der Waals surface area contributed by atoms with E-state index in [0.29, 0.717) is 11.3 Å². The summed E-state index contributed by atoms with van der Waals surface area (Å²) in [5.74, 6) is 0.102. The Bertz CT molecular complexity index is 468. The molecule has 0 radical (unpaired) electrons. The van der Waals surface area contributed by atoms with Gasteiger partial charge < -0.3 is 9.84 Å². The average molecular weight is 238 g/mol. The van der Waals surface area contributed by atoms with Gasteiger partial charge in [0.25, 0.3) is 0 Å². The van der Waals surface area contributed by atoms with Crippen molar-refractivity contribution in [3.8, 4) is 5.75 Å². The van der Waals surface area contributed by atoms with Gasteiger partial charge in [0.1, 0.15) is 17.7 Å². The molecule has 1 heterocycles. The van der Waals surface area contributed by atoms with E-state index < -0.39 is 6.10 Å². The SMILES string of the molecule is COc1ccc(F)cc1[C@H](O)c1ccsc1. The lowest BCUT2D eigenvalue weighted by molar-refractivity contribution is 0.214. The standard InChI is InChI=1S/C12H11FO2S/c1-15-11-3-2-9(13)6-10(11)12(14)8-4-5-16-7-8/h2-7,12,14H,1H3/t12-/m1/s1. The second-order valence-electron chi connectivity index (χ2n) is 3.35. The molecule has 2 rings (SSSR count). The summed E-state index contributed by atoms with van der Waals surface area (Å²) in [6.07, 6.45) is -0.850. The van der Waals surface area contributed by atoms with Crippen LogP contribution in [0.5, 0.6) is 5.75 Å². The molecule has 16 heavy (non-hydrogen) atoms. The van der Waals surface area contributed by atoms with Crippen LogP contribution in [0.1, 0.15) is 17.2 Å². The van der Waals surface area contributed by atoms with Gasteiger partial charge in [-0.3, -0.25) is 0 Å². The molecule has 1 aromatic heterocycles. The van der Waals surface area contributed by atoms with E-state index in [1.807, 2.05) is 10.8 Å². The lowest BCUT2D eigenvalue weighted by Crippen LogP contribution is -2.01. The Kier molecular flexibility index (Phi) is 3.22. The summed E-state index contributed by atoms with van der Waals surface area (Å²) in [5, 5.41) is 13.8. The van der Waals surface area contributed by atoms with Crippen LogP contribution >= 0.6 is 11.3 Å². The normalized spacial score (nSPS) is 12.4. The van der Waals surface area contributed by atoms with Crippen molar-refractivity contribution in [2.24, 2.45) is 0 Å². The number of aliphatic hydroxyl groups excluding tert-OH is 1. The summed E-state index contributed by atoms with van der Waals surface area (Å²) < 4.78 is 18.2. The second kappa shape index (κ2) is 4.63. The van der Waals surface area contributed by atoms with Crippen LogP contribution in [0, 0.1) is 5.82 Å². The van der Waals surface area contributed by atoms with Crippen molar-refractivity contribution >= 4 is 11.3 Å². The Morgan fingerprint density at radius 3 is 2.81 bits per heavy atom. The Labute approximate surface area is 96.9 Å². The first-order valence-corrected chi connectivity index (χ1v) is 5.70. The van der Waals surface area contributed by atoms with Crippen LogP contribution in [0.15, 0.2) is 35.0 Å². The molecule has 0 unspecified atom stereocenters. The van der Waals surface area contributed by atoms with Gasteiger partial charge in [0.15, 0.2) is 0 Å². The lowest BCUT2D eigenvalue weighted by Gasteiger charge is -2.13. The minimum atomic E-state index is -0.850. The highest BCUT2D eigenvalue weighted by atomic mass is 32.1. The van der Waals surface area contributed by atoms with Gasteiger partial charge in [0, 0.05) is 5.56 Å². The number of methoxy groups -OCH3 is 1. The Morgan fingerprint density at radius 1 is 1.38 bits per heavy atom. The number of hydrogen-bond acceptors (Lipinski definition) is 3. The third-order valence-corrected chi connectivity index (χ3v) is 3.05. The van der Waals surface area contributed by atoms with Gasteiger partial charge in [-0.1, -0.05) is 0 Å². The lowest BCUT2D eigenvalue weighted by atomic mass is 10.0. The first-order valence-electron chi connectivity index (χ1n) is 4.76. The van der Waals surface area contributed by atoms with Crippen molar-refractivity contribution in [1.29, 1.82) is 0 Å². The third-order valence-electron chi connectivity index (χ3n) is 2.35. The van der Waals surface area contributed by atoms with Crippen LogP contribution in [0.2, 0.25) is 0 Å². The molecule has 0 bridgehead atoms. The van der Waals surface area contributed by atoms with Gasteiger partial charge in [-0.2, -0.15) is 11.3 Å². The fourth-order valence-corrected chi connectivity index (χ4v) is 2.21. The van der Waals surface area contributed by atoms with Crippen LogP contribution in [0.25, 0.3) is 0 Å². The molecule has 4 heteroatoms. The molecule has 0 aliphatic carbocycles. The number of benzene rings is 1. The summed E-state index contributed by atoms with van der Waals surface area (Å²) in [4.78, 5) is 0. The third kappa shape index (κ3) is 2.08. The van der Waals surface area contributed by atoms with Crippen LogP contribution in [0.4, 0.5) is 4.39 Å². The molecule has 1 N–H and O–H groups in total. The predicted molar refractivity (Wildman–Crippen MR) is 61.3 cm³/mol. The number of halogens is 1. The van der Waals surface area contributed by atoms with E-state index in [9.17, 15) is 9.50 Å². The van der Waals surface area contributed by atoms with E-state index in [1.54, 1.807) is 6.07 Å². The number of ether oxygens (including phenoxy) is 1. The van der Waals surface area contributed by atoms with Gasteiger partial charge in [-0.15, -0.1) is 0 Å². The van der Waals surface area contributed by atoms with Gasteiger partial charge >= 0.3 is 0 Å². The number of rotatable bonds is 3. The molecule has 0 aliphatic heterocycles. The smallest absolute Gasteiger partial charge is 0.125 e. The molecule has 84 valence electrons. The fraction of sp³-hybridized carbons (Fsp3) is 0.167. The Hall–Kier alpha value is -1.39. The Balaban J connectivity index is 2.42. The van der Waals surface area contributed by atoms with E-state index in [-0.39, 0.29) is 5.82 Å². The zero-order valence-corrected chi connectivity index (χ0v) is 9.50. The summed E-state index contributed by atoms with van der Waals surface area (Å²) in [6, 6.07) is 5.92. The van der Waals surface area contributed by atoms with Crippen molar-refractivity contribution in [3.63, 3.8) is 0 Å². The molecule has 0 fully saturated rings.